The zero-order valence-corrected chi connectivity index (χ0v) is 17.2. The highest BCUT2D eigenvalue weighted by atomic mass is 16.5. The third-order valence-electron chi connectivity index (χ3n) is 4.87. The molecule has 5 nitrogen and oxygen atoms in total. The Hall–Kier alpha value is -2.53. The predicted octanol–water partition coefficient (Wildman–Crippen LogP) is 3.40. The summed E-state index contributed by atoms with van der Waals surface area (Å²) in [6, 6.07) is 16.8. The minimum atomic E-state index is 0.680. The fourth-order valence-corrected chi connectivity index (χ4v) is 3.09. The first-order valence-electron chi connectivity index (χ1n) is 10.0. The predicted molar refractivity (Wildman–Crippen MR) is 116 cm³/mol. The number of nitrogens with one attached hydrogen (secondary N) is 2. The van der Waals surface area contributed by atoms with Crippen LogP contribution in [0.15, 0.2) is 53.5 Å². The second kappa shape index (κ2) is 10.1. The van der Waals surface area contributed by atoms with Gasteiger partial charge in [0.25, 0.3) is 0 Å². The number of hydrogen-bond donors (Lipinski definition) is 2. The molecule has 2 aromatic carbocycles. The van der Waals surface area contributed by atoms with Crippen molar-refractivity contribution < 1.29 is 4.74 Å². The van der Waals surface area contributed by atoms with E-state index in [0.29, 0.717) is 6.54 Å². The van der Waals surface area contributed by atoms with Crippen LogP contribution in [0.5, 0.6) is 5.75 Å². The smallest absolute Gasteiger partial charge is 0.191 e. The average molecular weight is 381 g/mol. The molecule has 1 saturated carbocycles. The first-order chi connectivity index (χ1) is 13.7. The van der Waals surface area contributed by atoms with Crippen molar-refractivity contribution in [2.45, 2.75) is 32.5 Å². The number of nitrogens with zero attached hydrogens (tertiary/aromatic N) is 2. The molecule has 0 unspecified atom stereocenters. The van der Waals surface area contributed by atoms with Crippen LogP contribution in [0.3, 0.4) is 0 Å². The van der Waals surface area contributed by atoms with E-state index in [1.807, 2.05) is 12.1 Å². The van der Waals surface area contributed by atoms with Gasteiger partial charge < -0.3 is 20.3 Å². The van der Waals surface area contributed by atoms with Gasteiger partial charge in [-0.15, -0.1) is 0 Å². The van der Waals surface area contributed by atoms with Crippen LogP contribution >= 0.6 is 0 Å². The Morgan fingerprint density at radius 2 is 1.57 bits per heavy atom. The molecule has 5 heteroatoms. The lowest BCUT2D eigenvalue weighted by molar-refractivity contribution is 0.296. The van der Waals surface area contributed by atoms with E-state index >= 15 is 0 Å². The molecular weight excluding hydrogens is 348 g/mol. The first kappa shape index (κ1) is 20.2. The maximum absolute atomic E-state index is 6.00. The number of rotatable bonds is 9. The molecule has 0 spiro atoms. The molecule has 0 heterocycles. The molecule has 0 radical (unpaired) electrons. The van der Waals surface area contributed by atoms with Crippen molar-refractivity contribution in [3.05, 3.63) is 65.2 Å². The Balaban J connectivity index is 1.54. The summed E-state index contributed by atoms with van der Waals surface area (Å²) in [6.07, 6.45) is 2.60. The molecule has 0 atom stereocenters. The molecule has 3 rings (SSSR count). The van der Waals surface area contributed by atoms with Gasteiger partial charge in [-0.3, -0.25) is 4.99 Å². The van der Waals surface area contributed by atoms with E-state index in [1.165, 1.54) is 24.0 Å². The Morgan fingerprint density at radius 3 is 2.21 bits per heavy atom. The van der Waals surface area contributed by atoms with E-state index in [-0.39, 0.29) is 0 Å². The summed E-state index contributed by atoms with van der Waals surface area (Å²) < 4.78 is 6.00. The lowest BCUT2D eigenvalue weighted by atomic mass is 10.1. The van der Waals surface area contributed by atoms with Crippen molar-refractivity contribution in [3.8, 4) is 5.75 Å². The SMILES string of the molecule is CN=C(NCc1ccccc1CN(C)C)NCc1ccccc1OCC1CC1. The molecular formula is C23H32N4O. The summed E-state index contributed by atoms with van der Waals surface area (Å²) in [5, 5.41) is 6.84. The Labute approximate surface area is 168 Å². The van der Waals surface area contributed by atoms with Crippen molar-refractivity contribution in [2.24, 2.45) is 10.9 Å². The summed E-state index contributed by atoms with van der Waals surface area (Å²) in [7, 11) is 5.98. The van der Waals surface area contributed by atoms with Gasteiger partial charge in [0.15, 0.2) is 5.96 Å². The van der Waals surface area contributed by atoms with E-state index in [2.05, 4.69) is 71.0 Å². The number of aliphatic imine (C=N–C) groups is 1. The topological polar surface area (TPSA) is 48.9 Å². The Morgan fingerprint density at radius 1 is 0.964 bits per heavy atom. The number of guanidine groups is 1. The van der Waals surface area contributed by atoms with Gasteiger partial charge in [-0.2, -0.15) is 0 Å². The van der Waals surface area contributed by atoms with Crippen LogP contribution in [0.4, 0.5) is 0 Å². The highest BCUT2D eigenvalue weighted by Crippen LogP contribution is 2.30. The van der Waals surface area contributed by atoms with Gasteiger partial charge in [-0.05, 0) is 50.0 Å². The summed E-state index contributed by atoms with van der Waals surface area (Å²) in [4.78, 5) is 6.55. The highest BCUT2D eigenvalue weighted by Gasteiger charge is 2.22. The summed E-state index contributed by atoms with van der Waals surface area (Å²) in [6.45, 7) is 3.17. The molecule has 150 valence electrons. The lowest BCUT2D eigenvalue weighted by Gasteiger charge is -2.17. The molecule has 0 amide bonds. The number of hydrogen-bond acceptors (Lipinski definition) is 3. The van der Waals surface area contributed by atoms with Crippen molar-refractivity contribution in [1.29, 1.82) is 0 Å². The molecule has 1 fully saturated rings. The van der Waals surface area contributed by atoms with E-state index in [4.69, 9.17) is 4.74 Å². The number of benzene rings is 2. The molecule has 0 aromatic heterocycles. The van der Waals surface area contributed by atoms with Crippen molar-refractivity contribution in [1.82, 2.24) is 15.5 Å². The van der Waals surface area contributed by atoms with Gasteiger partial charge in [0.05, 0.1) is 6.61 Å². The fourth-order valence-electron chi connectivity index (χ4n) is 3.09. The van der Waals surface area contributed by atoms with Crippen LogP contribution in [0.25, 0.3) is 0 Å². The monoisotopic (exact) mass is 380 g/mol. The number of para-hydroxylation sites is 1. The van der Waals surface area contributed by atoms with Crippen molar-refractivity contribution in [3.63, 3.8) is 0 Å². The van der Waals surface area contributed by atoms with E-state index in [0.717, 1.165) is 42.9 Å². The summed E-state index contributed by atoms with van der Waals surface area (Å²) in [5.41, 5.74) is 3.76. The van der Waals surface area contributed by atoms with Gasteiger partial charge in [0, 0.05) is 32.2 Å². The molecule has 0 bridgehead atoms. The minimum Gasteiger partial charge on any atom is -0.493 e. The third kappa shape index (κ3) is 6.27. The Kier molecular flexibility index (Phi) is 7.31. The molecule has 1 aliphatic rings. The highest BCUT2D eigenvalue weighted by molar-refractivity contribution is 5.79. The maximum atomic E-state index is 6.00. The van der Waals surface area contributed by atoms with Crippen LogP contribution in [0, 0.1) is 5.92 Å². The van der Waals surface area contributed by atoms with Gasteiger partial charge in [-0.25, -0.2) is 0 Å². The van der Waals surface area contributed by atoms with Crippen molar-refractivity contribution in [2.75, 3.05) is 27.7 Å². The Bertz CT molecular complexity index is 784. The number of ether oxygens (including phenoxy) is 1. The van der Waals surface area contributed by atoms with Gasteiger partial charge >= 0.3 is 0 Å². The zero-order chi connectivity index (χ0) is 19.8. The minimum absolute atomic E-state index is 0.680. The second-order valence-corrected chi connectivity index (χ2v) is 7.65. The standard InChI is InChI=1S/C23H32N4O/c1-24-23(25-14-19-8-4-5-10-21(19)16-27(2)3)26-15-20-9-6-7-11-22(20)28-17-18-12-13-18/h4-11,18H,12-17H2,1-3H3,(H2,24,25,26). The quantitative estimate of drug-likeness (QED) is 0.517. The van der Waals surface area contributed by atoms with Crippen molar-refractivity contribution >= 4 is 5.96 Å². The first-order valence-corrected chi connectivity index (χ1v) is 10.0. The van der Waals surface area contributed by atoms with Crippen LogP contribution in [-0.2, 0) is 19.6 Å². The average Bonchev–Trinajstić information content (AvgIpc) is 3.52. The second-order valence-electron chi connectivity index (χ2n) is 7.65. The van der Waals surface area contributed by atoms with Gasteiger partial charge in [0.2, 0.25) is 0 Å². The molecule has 2 aromatic rings. The van der Waals surface area contributed by atoms with Gasteiger partial charge in [0.1, 0.15) is 5.75 Å². The van der Waals surface area contributed by atoms with Crippen LogP contribution in [-0.4, -0.2) is 38.6 Å². The fraction of sp³-hybridized carbons (Fsp3) is 0.435. The zero-order valence-electron chi connectivity index (χ0n) is 17.2. The molecule has 0 saturated heterocycles. The largest absolute Gasteiger partial charge is 0.493 e. The third-order valence-corrected chi connectivity index (χ3v) is 4.87. The van der Waals surface area contributed by atoms with E-state index in [1.54, 1.807) is 7.05 Å². The normalized spacial score (nSPS) is 14.2. The van der Waals surface area contributed by atoms with Crippen LogP contribution in [0.2, 0.25) is 0 Å². The molecule has 0 aliphatic heterocycles. The van der Waals surface area contributed by atoms with E-state index < -0.39 is 0 Å². The maximum Gasteiger partial charge on any atom is 0.191 e. The van der Waals surface area contributed by atoms with Crippen LogP contribution in [0.1, 0.15) is 29.5 Å². The molecule has 1 aliphatic carbocycles. The lowest BCUT2D eigenvalue weighted by Crippen LogP contribution is -2.36. The van der Waals surface area contributed by atoms with Crippen LogP contribution < -0.4 is 15.4 Å². The van der Waals surface area contributed by atoms with Gasteiger partial charge in [-0.1, -0.05) is 42.5 Å². The van der Waals surface area contributed by atoms with E-state index in [9.17, 15) is 0 Å². The molecule has 2 N–H and O–H groups in total. The summed E-state index contributed by atoms with van der Waals surface area (Å²) >= 11 is 0. The summed E-state index contributed by atoms with van der Waals surface area (Å²) in [5.74, 6) is 2.50. The molecule has 28 heavy (non-hydrogen) atoms.